The van der Waals surface area contributed by atoms with Crippen molar-refractivity contribution in [2.75, 3.05) is 20.1 Å². The Labute approximate surface area is 136 Å². The molecule has 2 unspecified atom stereocenters. The van der Waals surface area contributed by atoms with Gasteiger partial charge in [-0.3, -0.25) is 15.1 Å². The minimum absolute atomic E-state index is 0.127. The highest BCUT2D eigenvalue weighted by molar-refractivity contribution is 5.80. The van der Waals surface area contributed by atoms with Crippen molar-refractivity contribution in [3.05, 3.63) is 39.9 Å². The number of nitro groups is 1. The van der Waals surface area contributed by atoms with E-state index in [2.05, 4.69) is 15.2 Å². The highest BCUT2D eigenvalue weighted by Crippen LogP contribution is 2.35. The Kier molecular flexibility index (Phi) is 4.79. The van der Waals surface area contributed by atoms with Gasteiger partial charge in [-0.25, -0.2) is 0 Å². The second-order valence-corrected chi connectivity index (χ2v) is 6.53. The maximum Gasteiger partial charge on any atom is 0.269 e. The fraction of sp³-hybridized carbons (Fsp3) is 0.588. The van der Waals surface area contributed by atoms with E-state index in [9.17, 15) is 10.1 Å². The van der Waals surface area contributed by atoms with Gasteiger partial charge in [-0.15, -0.1) is 0 Å². The first-order chi connectivity index (χ1) is 11.2. The molecule has 1 aromatic carbocycles. The second-order valence-electron chi connectivity index (χ2n) is 6.53. The minimum Gasteiger partial charge on any atom is -0.352 e. The molecule has 1 aliphatic heterocycles. The van der Waals surface area contributed by atoms with Crippen molar-refractivity contribution in [2.45, 2.75) is 32.2 Å². The summed E-state index contributed by atoms with van der Waals surface area (Å²) < 4.78 is 0. The van der Waals surface area contributed by atoms with Crippen LogP contribution in [-0.4, -0.2) is 35.9 Å². The summed E-state index contributed by atoms with van der Waals surface area (Å²) in [6.07, 6.45) is 5.43. The zero-order valence-corrected chi connectivity index (χ0v) is 13.6. The van der Waals surface area contributed by atoms with E-state index in [1.54, 1.807) is 24.3 Å². The Bertz CT molecular complexity index is 571. The van der Waals surface area contributed by atoms with Gasteiger partial charge in [0.15, 0.2) is 5.96 Å². The van der Waals surface area contributed by atoms with E-state index in [0.717, 1.165) is 36.4 Å². The molecule has 0 amide bonds. The predicted octanol–water partition coefficient (Wildman–Crippen LogP) is 2.79. The van der Waals surface area contributed by atoms with E-state index >= 15 is 0 Å². The summed E-state index contributed by atoms with van der Waals surface area (Å²) in [4.78, 5) is 17.1. The topological polar surface area (TPSA) is 70.8 Å². The number of fused-ring (bicyclic) bond motifs is 1. The molecule has 1 N–H and O–H groups in total. The second kappa shape index (κ2) is 6.98. The van der Waals surface area contributed by atoms with Crippen molar-refractivity contribution >= 4 is 11.6 Å². The zero-order chi connectivity index (χ0) is 16.2. The average molecular weight is 316 g/mol. The van der Waals surface area contributed by atoms with Gasteiger partial charge in [-0.2, -0.15) is 0 Å². The predicted molar refractivity (Wildman–Crippen MR) is 90.3 cm³/mol. The fourth-order valence-electron chi connectivity index (χ4n) is 3.83. The molecular formula is C17H24N4O2. The molecule has 2 fully saturated rings. The molecule has 2 aliphatic rings. The van der Waals surface area contributed by atoms with Gasteiger partial charge in [0.1, 0.15) is 0 Å². The average Bonchev–Trinajstić information content (AvgIpc) is 2.99. The summed E-state index contributed by atoms with van der Waals surface area (Å²) in [5.41, 5.74) is 1.15. The maximum atomic E-state index is 10.7. The van der Waals surface area contributed by atoms with Crippen molar-refractivity contribution in [1.82, 2.24) is 10.2 Å². The highest BCUT2D eigenvalue weighted by Gasteiger charge is 2.35. The number of aliphatic imine (C=N–C) groups is 1. The number of rotatable bonds is 3. The Morgan fingerprint density at radius 2 is 1.87 bits per heavy atom. The summed E-state index contributed by atoms with van der Waals surface area (Å²) in [5, 5.41) is 14.1. The lowest BCUT2D eigenvalue weighted by molar-refractivity contribution is -0.384. The summed E-state index contributed by atoms with van der Waals surface area (Å²) in [5.74, 6) is 2.58. The van der Waals surface area contributed by atoms with Crippen LogP contribution in [0.2, 0.25) is 0 Å². The molecule has 1 heterocycles. The Morgan fingerprint density at radius 1 is 1.26 bits per heavy atom. The quantitative estimate of drug-likeness (QED) is 0.403. The van der Waals surface area contributed by atoms with Crippen molar-refractivity contribution in [3.8, 4) is 0 Å². The molecule has 6 heteroatoms. The molecule has 6 nitrogen and oxygen atoms in total. The number of nitrogens with zero attached hydrogens (tertiary/aromatic N) is 3. The van der Waals surface area contributed by atoms with Crippen LogP contribution in [0.4, 0.5) is 5.69 Å². The van der Waals surface area contributed by atoms with Crippen LogP contribution in [0, 0.1) is 22.0 Å². The van der Waals surface area contributed by atoms with Crippen LogP contribution in [0.15, 0.2) is 29.3 Å². The molecule has 0 bridgehead atoms. The van der Waals surface area contributed by atoms with Crippen LogP contribution in [0.1, 0.15) is 31.2 Å². The van der Waals surface area contributed by atoms with E-state index in [1.807, 2.05) is 7.05 Å². The van der Waals surface area contributed by atoms with Gasteiger partial charge in [-0.1, -0.05) is 25.0 Å². The molecular weight excluding hydrogens is 292 g/mol. The summed E-state index contributed by atoms with van der Waals surface area (Å²) in [6, 6.07) is 6.68. The number of guanidine groups is 1. The third-order valence-electron chi connectivity index (χ3n) is 5.09. The fourth-order valence-corrected chi connectivity index (χ4v) is 3.83. The van der Waals surface area contributed by atoms with E-state index in [1.165, 1.54) is 25.7 Å². The van der Waals surface area contributed by atoms with Gasteiger partial charge < -0.3 is 10.2 Å². The number of likely N-dealkylation sites (tertiary alicyclic amines) is 1. The molecule has 23 heavy (non-hydrogen) atoms. The Balaban J connectivity index is 1.56. The lowest BCUT2D eigenvalue weighted by Gasteiger charge is -2.22. The molecule has 2 atom stereocenters. The molecule has 0 aromatic heterocycles. The molecule has 1 saturated heterocycles. The van der Waals surface area contributed by atoms with Gasteiger partial charge >= 0.3 is 0 Å². The van der Waals surface area contributed by atoms with Gasteiger partial charge in [0.25, 0.3) is 5.69 Å². The molecule has 0 spiro atoms. The third-order valence-corrected chi connectivity index (χ3v) is 5.09. The van der Waals surface area contributed by atoms with Gasteiger partial charge in [-0.05, 0) is 30.2 Å². The summed E-state index contributed by atoms with van der Waals surface area (Å²) >= 11 is 0. The standard InChI is InChI=1S/C17H24N4O2/c1-18-17(20-11-14-4-2-3-5-15(14)12-20)19-10-13-6-8-16(9-7-13)21(22)23/h6-9,14-15H,2-5,10-12H2,1H3,(H,18,19). The number of non-ortho nitro benzene ring substituents is 1. The largest absolute Gasteiger partial charge is 0.352 e. The normalized spacial score (nSPS) is 24.4. The highest BCUT2D eigenvalue weighted by atomic mass is 16.6. The monoisotopic (exact) mass is 316 g/mol. The molecule has 1 aliphatic carbocycles. The number of hydrogen-bond acceptors (Lipinski definition) is 3. The number of nitrogens with one attached hydrogen (secondary N) is 1. The van der Waals surface area contributed by atoms with Gasteiger partial charge in [0.05, 0.1) is 4.92 Å². The Hall–Kier alpha value is -2.11. The van der Waals surface area contributed by atoms with E-state index in [0.29, 0.717) is 6.54 Å². The van der Waals surface area contributed by atoms with Crippen molar-refractivity contribution < 1.29 is 4.92 Å². The van der Waals surface area contributed by atoms with Crippen molar-refractivity contribution in [2.24, 2.45) is 16.8 Å². The van der Waals surface area contributed by atoms with Crippen LogP contribution in [-0.2, 0) is 6.54 Å². The van der Waals surface area contributed by atoms with Gasteiger partial charge in [0, 0.05) is 38.8 Å². The van der Waals surface area contributed by atoms with E-state index in [4.69, 9.17) is 0 Å². The van der Waals surface area contributed by atoms with Gasteiger partial charge in [0.2, 0.25) is 0 Å². The van der Waals surface area contributed by atoms with Crippen molar-refractivity contribution in [1.29, 1.82) is 0 Å². The number of hydrogen-bond donors (Lipinski definition) is 1. The molecule has 0 radical (unpaired) electrons. The maximum absolute atomic E-state index is 10.7. The molecule has 1 aromatic rings. The van der Waals surface area contributed by atoms with E-state index < -0.39 is 0 Å². The first kappa shape index (κ1) is 15.8. The van der Waals surface area contributed by atoms with Crippen molar-refractivity contribution in [3.63, 3.8) is 0 Å². The SMILES string of the molecule is CN=C(NCc1ccc([N+](=O)[O-])cc1)N1CC2CCCCC2C1. The zero-order valence-electron chi connectivity index (χ0n) is 13.6. The molecule has 124 valence electrons. The summed E-state index contributed by atoms with van der Waals surface area (Å²) in [7, 11) is 1.82. The number of nitro benzene ring substituents is 1. The minimum atomic E-state index is -0.373. The molecule has 1 saturated carbocycles. The van der Waals surface area contributed by atoms with Crippen LogP contribution < -0.4 is 5.32 Å². The lowest BCUT2D eigenvalue weighted by Crippen LogP contribution is -2.39. The van der Waals surface area contributed by atoms with Crippen LogP contribution >= 0.6 is 0 Å². The van der Waals surface area contributed by atoms with E-state index in [-0.39, 0.29) is 10.6 Å². The lowest BCUT2D eigenvalue weighted by atomic mass is 9.82. The van der Waals surface area contributed by atoms with Crippen LogP contribution in [0.5, 0.6) is 0 Å². The first-order valence-electron chi connectivity index (χ1n) is 8.36. The Morgan fingerprint density at radius 3 is 2.39 bits per heavy atom. The summed E-state index contributed by atoms with van der Waals surface area (Å²) in [6.45, 7) is 2.84. The molecule has 3 rings (SSSR count). The number of benzene rings is 1. The third kappa shape index (κ3) is 3.63. The smallest absolute Gasteiger partial charge is 0.269 e. The van der Waals surface area contributed by atoms with Crippen LogP contribution in [0.3, 0.4) is 0 Å². The van der Waals surface area contributed by atoms with Crippen LogP contribution in [0.25, 0.3) is 0 Å². The first-order valence-corrected chi connectivity index (χ1v) is 8.36.